The molecule has 1 aromatic rings. The number of carbonyl (C=O) groups is 2. The molecule has 0 radical (unpaired) electrons. The van der Waals surface area contributed by atoms with Gasteiger partial charge in [0, 0.05) is 24.6 Å². The second kappa shape index (κ2) is 5.98. The molecule has 1 aliphatic rings. The first-order valence-electron chi connectivity index (χ1n) is 6.49. The number of rotatable bonds is 3. The van der Waals surface area contributed by atoms with E-state index < -0.39 is 11.6 Å². The summed E-state index contributed by atoms with van der Waals surface area (Å²) in [4.78, 5) is 24.6. The normalized spacial score (nSPS) is 16.2. The molecule has 0 aromatic heterocycles. The molecule has 1 fully saturated rings. The quantitative estimate of drug-likeness (QED) is 0.906. The van der Waals surface area contributed by atoms with E-state index in [0.29, 0.717) is 25.9 Å². The van der Waals surface area contributed by atoms with E-state index >= 15 is 0 Å². The van der Waals surface area contributed by atoms with E-state index in [1.165, 1.54) is 11.0 Å². The topological polar surface area (TPSA) is 63.4 Å². The van der Waals surface area contributed by atoms with Crippen LogP contribution in [0.5, 0.6) is 0 Å². The van der Waals surface area contributed by atoms with E-state index in [-0.39, 0.29) is 29.7 Å². The van der Waals surface area contributed by atoms with Gasteiger partial charge in [0.15, 0.2) is 0 Å². The lowest BCUT2D eigenvalue weighted by molar-refractivity contribution is -0.134. The Balaban J connectivity index is 1.98. The molecule has 1 saturated heterocycles. The Morgan fingerprint density at radius 2 is 1.75 bits per heavy atom. The molecule has 2 rings (SSSR count). The molecule has 1 aliphatic heterocycles. The highest BCUT2D eigenvalue weighted by molar-refractivity contribution is 5.80. The average molecular weight is 282 g/mol. The van der Waals surface area contributed by atoms with Crippen molar-refractivity contribution in [1.82, 2.24) is 4.90 Å². The molecule has 0 spiro atoms. The van der Waals surface area contributed by atoms with E-state index in [0.717, 1.165) is 12.1 Å². The van der Waals surface area contributed by atoms with Crippen LogP contribution in [0.15, 0.2) is 18.2 Å². The maximum atomic E-state index is 13.5. The first-order chi connectivity index (χ1) is 9.49. The van der Waals surface area contributed by atoms with Crippen molar-refractivity contribution in [3.05, 3.63) is 35.4 Å². The van der Waals surface area contributed by atoms with Crippen molar-refractivity contribution >= 4 is 11.8 Å². The number of amides is 2. The van der Waals surface area contributed by atoms with E-state index in [2.05, 4.69) is 0 Å². The van der Waals surface area contributed by atoms with Gasteiger partial charge in [0.1, 0.15) is 11.6 Å². The highest BCUT2D eigenvalue weighted by atomic mass is 19.1. The third kappa shape index (κ3) is 3.12. The van der Waals surface area contributed by atoms with Crippen LogP contribution in [0, 0.1) is 17.6 Å². The van der Waals surface area contributed by atoms with Gasteiger partial charge in [-0.25, -0.2) is 8.78 Å². The maximum absolute atomic E-state index is 13.5. The van der Waals surface area contributed by atoms with E-state index in [1.807, 2.05) is 0 Å². The summed E-state index contributed by atoms with van der Waals surface area (Å²) in [7, 11) is 0. The molecule has 1 aromatic carbocycles. The maximum Gasteiger partial charge on any atom is 0.227 e. The predicted molar refractivity (Wildman–Crippen MR) is 68.6 cm³/mol. The van der Waals surface area contributed by atoms with Gasteiger partial charge in [-0.3, -0.25) is 9.59 Å². The van der Waals surface area contributed by atoms with Crippen molar-refractivity contribution in [3.63, 3.8) is 0 Å². The number of nitrogens with two attached hydrogens (primary N) is 1. The molecule has 2 N–H and O–H groups in total. The van der Waals surface area contributed by atoms with Crippen LogP contribution in [0.3, 0.4) is 0 Å². The lowest BCUT2D eigenvalue weighted by Gasteiger charge is -2.30. The number of carbonyl (C=O) groups excluding carboxylic acids is 2. The van der Waals surface area contributed by atoms with Gasteiger partial charge in [-0.15, -0.1) is 0 Å². The zero-order chi connectivity index (χ0) is 14.7. The Kier molecular flexibility index (Phi) is 4.32. The fraction of sp³-hybridized carbons (Fsp3) is 0.429. The number of hydrogen-bond donors (Lipinski definition) is 1. The number of nitrogens with zero attached hydrogens (tertiary/aromatic N) is 1. The van der Waals surface area contributed by atoms with Gasteiger partial charge >= 0.3 is 0 Å². The molecule has 108 valence electrons. The minimum absolute atomic E-state index is 0.213. The van der Waals surface area contributed by atoms with Gasteiger partial charge in [0.2, 0.25) is 11.8 Å². The van der Waals surface area contributed by atoms with Crippen LogP contribution in [-0.2, 0) is 16.0 Å². The van der Waals surface area contributed by atoms with E-state index in [4.69, 9.17) is 5.73 Å². The smallest absolute Gasteiger partial charge is 0.227 e. The molecule has 4 nitrogen and oxygen atoms in total. The second-order valence-corrected chi connectivity index (χ2v) is 4.93. The van der Waals surface area contributed by atoms with Gasteiger partial charge in [-0.2, -0.15) is 0 Å². The van der Waals surface area contributed by atoms with Crippen LogP contribution in [-0.4, -0.2) is 29.8 Å². The lowest BCUT2D eigenvalue weighted by atomic mass is 9.96. The molecule has 0 unspecified atom stereocenters. The molecular formula is C14H16F2N2O2. The van der Waals surface area contributed by atoms with Crippen molar-refractivity contribution in [2.45, 2.75) is 19.3 Å². The summed E-state index contributed by atoms with van der Waals surface area (Å²) in [6, 6.07) is 3.52. The second-order valence-electron chi connectivity index (χ2n) is 4.93. The SMILES string of the molecule is NC(=O)C1CCN(C(=O)Cc2c(F)cccc2F)CC1. The molecule has 2 amide bonds. The van der Waals surface area contributed by atoms with E-state index in [9.17, 15) is 18.4 Å². The molecule has 20 heavy (non-hydrogen) atoms. The average Bonchev–Trinajstić information content (AvgIpc) is 2.43. The molecule has 0 saturated carbocycles. The molecule has 0 bridgehead atoms. The lowest BCUT2D eigenvalue weighted by Crippen LogP contribution is -2.42. The van der Waals surface area contributed by atoms with Crippen LogP contribution >= 0.6 is 0 Å². The largest absolute Gasteiger partial charge is 0.369 e. The van der Waals surface area contributed by atoms with Gasteiger partial charge in [-0.05, 0) is 25.0 Å². The standard InChI is InChI=1S/C14H16F2N2O2/c15-11-2-1-3-12(16)10(11)8-13(19)18-6-4-9(5-7-18)14(17)20/h1-3,9H,4-8H2,(H2,17,20). The number of primary amides is 1. The first-order valence-corrected chi connectivity index (χ1v) is 6.49. The fourth-order valence-electron chi connectivity index (χ4n) is 2.38. The zero-order valence-electron chi connectivity index (χ0n) is 10.9. The summed E-state index contributed by atoms with van der Waals surface area (Å²) in [5.41, 5.74) is 5.00. The molecule has 0 aliphatic carbocycles. The summed E-state index contributed by atoms with van der Waals surface area (Å²) in [6.45, 7) is 0.783. The summed E-state index contributed by atoms with van der Waals surface area (Å²) in [6.07, 6.45) is 0.696. The van der Waals surface area contributed by atoms with Crippen molar-refractivity contribution in [2.75, 3.05) is 13.1 Å². The van der Waals surface area contributed by atoms with Crippen molar-refractivity contribution in [1.29, 1.82) is 0 Å². The highest BCUT2D eigenvalue weighted by Gasteiger charge is 2.26. The number of hydrogen-bond acceptors (Lipinski definition) is 2. The third-order valence-electron chi connectivity index (χ3n) is 3.64. The summed E-state index contributed by atoms with van der Waals surface area (Å²) in [5, 5.41) is 0. The van der Waals surface area contributed by atoms with Gasteiger partial charge in [0.05, 0.1) is 6.42 Å². The first kappa shape index (κ1) is 14.4. The monoisotopic (exact) mass is 282 g/mol. The molecule has 6 heteroatoms. The third-order valence-corrected chi connectivity index (χ3v) is 3.64. The van der Waals surface area contributed by atoms with Crippen LogP contribution < -0.4 is 5.73 Å². The Morgan fingerprint density at radius 3 is 2.25 bits per heavy atom. The summed E-state index contributed by atoms with van der Waals surface area (Å²) >= 11 is 0. The molecule has 0 atom stereocenters. The van der Waals surface area contributed by atoms with Crippen LogP contribution in [0.4, 0.5) is 8.78 Å². The Bertz CT molecular complexity index is 506. The van der Waals surface area contributed by atoms with Crippen LogP contribution in [0.2, 0.25) is 0 Å². The molecule has 1 heterocycles. The van der Waals surface area contributed by atoms with Gasteiger partial charge in [-0.1, -0.05) is 6.07 Å². The van der Waals surface area contributed by atoms with E-state index in [1.54, 1.807) is 0 Å². The van der Waals surface area contributed by atoms with Crippen molar-refractivity contribution < 1.29 is 18.4 Å². The Hall–Kier alpha value is -1.98. The fourth-order valence-corrected chi connectivity index (χ4v) is 2.38. The van der Waals surface area contributed by atoms with Crippen molar-refractivity contribution in [3.8, 4) is 0 Å². The Labute approximate surface area is 115 Å². The van der Waals surface area contributed by atoms with Gasteiger partial charge in [0.25, 0.3) is 0 Å². The minimum atomic E-state index is -0.717. The number of piperidine rings is 1. The number of likely N-dealkylation sites (tertiary alicyclic amines) is 1. The molecular weight excluding hydrogens is 266 g/mol. The van der Waals surface area contributed by atoms with Crippen molar-refractivity contribution in [2.24, 2.45) is 11.7 Å². The minimum Gasteiger partial charge on any atom is -0.369 e. The summed E-state index contributed by atoms with van der Waals surface area (Å²) in [5.74, 6) is -2.35. The van der Waals surface area contributed by atoms with Gasteiger partial charge < -0.3 is 10.6 Å². The Morgan fingerprint density at radius 1 is 1.20 bits per heavy atom. The zero-order valence-corrected chi connectivity index (χ0v) is 10.9. The van der Waals surface area contributed by atoms with Crippen LogP contribution in [0.1, 0.15) is 18.4 Å². The number of benzene rings is 1. The van der Waals surface area contributed by atoms with Crippen LogP contribution in [0.25, 0.3) is 0 Å². The summed E-state index contributed by atoms with van der Waals surface area (Å²) < 4.78 is 26.9. The number of halogens is 2. The predicted octanol–water partition coefficient (Wildman–Crippen LogP) is 1.23. The highest BCUT2D eigenvalue weighted by Crippen LogP contribution is 2.19.